The lowest BCUT2D eigenvalue weighted by Gasteiger charge is -2.10. The van der Waals surface area contributed by atoms with E-state index < -0.39 is 5.97 Å². The van der Waals surface area contributed by atoms with Crippen molar-refractivity contribution in [2.75, 3.05) is 0 Å². The SMILES string of the molecule is Cc1ccc2nc(SCc3ccc(Cl)cc3)n(-c3ccc(C(=O)O)cc3)c2c1. The predicted molar refractivity (Wildman–Crippen MR) is 114 cm³/mol. The Morgan fingerprint density at radius 1 is 1.07 bits per heavy atom. The summed E-state index contributed by atoms with van der Waals surface area (Å²) in [5.41, 5.74) is 5.36. The van der Waals surface area contributed by atoms with Gasteiger partial charge in [-0.3, -0.25) is 4.57 Å². The van der Waals surface area contributed by atoms with Gasteiger partial charge in [-0.15, -0.1) is 0 Å². The molecule has 0 aliphatic rings. The first-order valence-electron chi connectivity index (χ1n) is 8.71. The van der Waals surface area contributed by atoms with Crippen LogP contribution in [0.1, 0.15) is 21.5 Å². The lowest BCUT2D eigenvalue weighted by molar-refractivity contribution is 0.0697. The molecule has 0 aliphatic carbocycles. The van der Waals surface area contributed by atoms with Crippen LogP contribution >= 0.6 is 23.4 Å². The zero-order valence-electron chi connectivity index (χ0n) is 15.1. The maximum Gasteiger partial charge on any atom is 0.335 e. The molecule has 6 heteroatoms. The Labute approximate surface area is 171 Å². The summed E-state index contributed by atoms with van der Waals surface area (Å²) in [6, 6.07) is 20.8. The Morgan fingerprint density at radius 3 is 2.46 bits per heavy atom. The number of carboxylic acids is 1. The van der Waals surface area contributed by atoms with E-state index >= 15 is 0 Å². The topological polar surface area (TPSA) is 55.1 Å². The number of thioether (sulfide) groups is 1. The van der Waals surface area contributed by atoms with Gasteiger partial charge in [0.2, 0.25) is 0 Å². The van der Waals surface area contributed by atoms with E-state index in [4.69, 9.17) is 21.7 Å². The number of imidazole rings is 1. The van der Waals surface area contributed by atoms with Crippen LogP contribution in [-0.4, -0.2) is 20.6 Å². The number of hydrogen-bond donors (Lipinski definition) is 1. The van der Waals surface area contributed by atoms with Crippen molar-refractivity contribution in [1.82, 2.24) is 9.55 Å². The lowest BCUT2D eigenvalue weighted by atomic mass is 10.2. The highest BCUT2D eigenvalue weighted by molar-refractivity contribution is 7.98. The molecule has 28 heavy (non-hydrogen) atoms. The van der Waals surface area contributed by atoms with Crippen molar-refractivity contribution in [3.63, 3.8) is 0 Å². The Balaban J connectivity index is 1.75. The van der Waals surface area contributed by atoms with Gasteiger partial charge in [-0.25, -0.2) is 9.78 Å². The summed E-state index contributed by atoms with van der Waals surface area (Å²) < 4.78 is 2.08. The maximum atomic E-state index is 11.2. The van der Waals surface area contributed by atoms with Crippen molar-refractivity contribution in [2.45, 2.75) is 17.8 Å². The summed E-state index contributed by atoms with van der Waals surface area (Å²) in [5.74, 6) is -0.178. The molecule has 0 fully saturated rings. The average molecular weight is 409 g/mol. The Bertz CT molecular complexity index is 1150. The second-order valence-electron chi connectivity index (χ2n) is 6.49. The average Bonchev–Trinajstić information content (AvgIpc) is 3.05. The van der Waals surface area contributed by atoms with Crippen LogP contribution in [0.3, 0.4) is 0 Å². The summed E-state index contributed by atoms with van der Waals surface area (Å²) in [6.07, 6.45) is 0. The molecule has 0 saturated carbocycles. The number of aromatic carboxylic acids is 1. The highest BCUT2D eigenvalue weighted by Gasteiger charge is 2.14. The molecule has 0 atom stereocenters. The number of rotatable bonds is 5. The van der Waals surface area contributed by atoms with E-state index in [1.807, 2.05) is 55.5 Å². The predicted octanol–water partition coefficient (Wildman–Crippen LogP) is 5.98. The molecule has 4 aromatic rings. The minimum absolute atomic E-state index is 0.264. The van der Waals surface area contributed by atoms with Crippen LogP contribution in [0.15, 0.2) is 71.9 Å². The highest BCUT2D eigenvalue weighted by atomic mass is 35.5. The first-order chi connectivity index (χ1) is 13.5. The minimum Gasteiger partial charge on any atom is -0.478 e. The van der Waals surface area contributed by atoms with Crippen LogP contribution in [0.4, 0.5) is 0 Å². The third-order valence-electron chi connectivity index (χ3n) is 4.43. The van der Waals surface area contributed by atoms with E-state index in [0.717, 1.165) is 43.8 Å². The minimum atomic E-state index is -0.935. The van der Waals surface area contributed by atoms with Crippen LogP contribution in [-0.2, 0) is 5.75 Å². The Kier molecular flexibility index (Phi) is 5.11. The molecule has 3 aromatic carbocycles. The van der Waals surface area contributed by atoms with Crippen molar-refractivity contribution in [3.05, 3.63) is 88.4 Å². The van der Waals surface area contributed by atoms with E-state index in [0.29, 0.717) is 0 Å². The molecule has 1 aromatic heterocycles. The van der Waals surface area contributed by atoms with Gasteiger partial charge >= 0.3 is 5.97 Å². The number of aryl methyl sites for hydroxylation is 1. The zero-order valence-corrected chi connectivity index (χ0v) is 16.7. The second kappa shape index (κ2) is 7.70. The van der Waals surface area contributed by atoms with Gasteiger partial charge in [0.25, 0.3) is 0 Å². The van der Waals surface area contributed by atoms with Gasteiger partial charge in [0.05, 0.1) is 16.6 Å². The van der Waals surface area contributed by atoms with Crippen LogP contribution < -0.4 is 0 Å². The fraction of sp³-hybridized carbons (Fsp3) is 0.0909. The molecule has 0 spiro atoms. The van der Waals surface area contributed by atoms with Gasteiger partial charge in [-0.1, -0.05) is 41.6 Å². The first-order valence-corrected chi connectivity index (χ1v) is 10.1. The molecular formula is C22H17ClN2O2S. The van der Waals surface area contributed by atoms with Crippen molar-refractivity contribution >= 4 is 40.4 Å². The number of nitrogens with zero attached hydrogens (tertiary/aromatic N) is 2. The van der Waals surface area contributed by atoms with Crippen LogP contribution in [0.5, 0.6) is 0 Å². The first kappa shape index (κ1) is 18.6. The molecule has 4 rings (SSSR count). The molecule has 0 amide bonds. The maximum absolute atomic E-state index is 11.2. The fourth-order valence-corrected chi connectivity index (χ4v) is 4.10. The van der Waals surface area contributed by atoms with Crippen LogP contribution in [0, 0.1) is 6.92 Å². The molecule has 1 heterocycles. The summed E-state index contributed by atoms with van der Waals surface area (Å²) in [5, 5.41) is 10.7. The number of fused-ring (bicyclic) bond motifs is 1. The molecular weight excluding hydrogens is 392 g/mol. The summed E-state index contributed by atoms with van der Waals surface area (Å²) in [7, 11) is 0. The van der Waals surface area contributed by atoms with Gasteiger partial charge in [-0.2, -0.15) is 0 Å². The van der Waals surface area contributed by atoms with Crippen molar-refractivity contribution in [2.24, 2.45) is 0 Å². The number of hydrogen-bond acceptors (Lipinski definition) is 3. The molecule has 140 valence electrons. The van der Waals surface area contributed by atoms with Gasteiger partial charge < -0.3 is 5.11 Å². The number of carboxylic acid groups (broad SMARTS) is 1. The second-order valence-corrected chi connectivity index (χ2v) is 7.87. The molecule has 0 unspecified atom stereocenters. The van der Waals surface area contributed by atoms with E-state index in [1.165, 1.54) is 0 Å². The summed E-state index contributed by atoms with van der Waals surface area (Å²) in [4.78, 5) is 16.0. The zero-order chi connectivity index (χ0) is 19.7. The van der Waals surface area contributed by atoms with Crippen molar-refractivity contribution in [1.29, 1.82) is 0 Å². The largest absolute Gasteiger partial charge is 0.478 e. The number of carbonyl (C=O) groups is 1. The lowest BCUT2D eigenvalue weighted by Crippen LogP contribution is -2.00. The Hall–Kier alpha value is -2.76. The highest BCUT2D eigenvalue weighted by Crippen LogP contribution is 2.31. The molecule has 4 nitrogen and oxygen atoms in total. The van der Waals surface area contributed by atoms with Crippen LogP contribution in [0.25, 0.3) is 16.7 Å². The van der Waals surface area contributed by atoms with Gasteiger partial charge in [0, 0.05) is 16.5 Å². The number of benzene rings is 3. The van der Waals surface area contributed by atoms with Gasteiger partial charge in [-0.05, 0) is 66.6 Å². The fourth-order valence-electron chi connectivity index (χ4n) is 2.99. The van der Waals surface area contributed by atoms with E-state index in [1.54, 1.807) is 23.9 Å². The number of halogens is 1. The van der Waals surface area contributed by atoms with E-state index in [2.05, 4.69) is 10.6 Å². The molecule has 0 saturated heterocycles. The number of aromatic nitrogens is 2. The third kappa shape index (κ3) is 3.77. The summed E-state index contributed by atoms with van der Waals surface area (Å²) >= 11 is 7.61. The quantitative estimate of drug-likeness (QED) is 0.413. The third-order valence-corrected chi connectivity index (χ3v) is 5.69. The normalized spacial score (nSPS) is 11.1. The smallest absolute Gasteiger partial charge is 0.335 e. The van der Waals surface area contributed by atoms with Gasteiger partial charge in [0.1, 0.15) is 0 Å². The van der Waals surface area contributed by atoms with Crippen molar-refractivity contribution < 1.29 is 9.90 Å². The molecule has 1 N–H and O–H groups in total. The van der Waals surface area contributed by atoms with E-state index in [-0.39, 0.29) is 5.56 Å². The monoisotopic (exact) mass is 408 g/mol. The molecule has 0 bridgehead atoms. The summed E-state index contributed by atoms with van der Waals surface area (Å²) in [6.45, 7) is 2.05. The molecule has 0 aliphatic heterocycles. The van der Waals surface area contributed by atoms with E-state index in [9.17, 15) is 4.79 Å². The van der Waals surface area contributed by atoms with Crippen molar-refractivity contribution in [3.8, 4) is 5.69 Å². The molecule has 0 radical (unpaired) electrons. The Morgan fingerprint density at radius 2 is 1.79 bits per heavy atom. The van der Waals surface area contributed by atoms with Gasteiger partial charge in [0.15, 0.2) is 5.16 Å². The standard InChI is InChI=1S/C22H17ClN2O2S/c1-14-2-11-19-20(12-14)25(18-9-5-16(6-10-18)21(26)27)22(24-19)28-13-15-3-7-17(23)8-4-15/h2-12H,13H2,1H3,(H,26,27). The van der Waals surface area contributed by atoms with Crippen LogP contribution in [0.2, 0.25) is 5.02 Å².